The van der Waals surface area contributed by atoms with Crippen molar-refractivity contribution in [1.29, 1.82) is 0 Å². The van der Waals surface area contributed by atoms with Crippen LogP contribution >= 0.6 is 0 Å². The highest BCUT2D eigenvalue weighted by Gasteiger charge is 2.08. The molecular weight excluding hydrogens is 241 g/mol. The Kier molecular flexibility index (Phi) is 2.76. The number of imidazole rings is 1. The van der Waals surface area contributed by atoms with Crippen LogP contribution in [-0.2, 0) is 0 Å². The van der Waals surface area contributed by atoms with Crippen molar-refractivity contribution in [2.45, 2.75) is 0 Å². The molecule has 0 aliphatic heterocycles. The van der Waals surface area contributed by atoms with E-state index in [1.807, 2.05) is 30.3 Å². The summed E-state index contributed by atoms with van der Waals surface area (Å²) >= 11 is 0. The van der Waals surface area contributed by atoms with Crippen molar-refractivity contribution in [3.63, 3.8) is 0 Å². The Hall–Kier alpha value is -2.62. The van der Waals surface area contributed by atoms with Crippen molar-refractivity contribution in [1.82, 2.24) is 9.55 Å². The van der Waals surface area contributed by atoms with Gasteiger partial charge in [0.05, 0.1) is 11.4 Å². The van der Waals surface area contributed by atoms with Crippen molar-refractivity contribution in [2.24, 2.45) is 0 Å². The molecule has 4 heteroatoms. The van der Waals surface area contributed by atoms with Crippen LogP contribution in [-0.4, -0.2) is 9.55 Å². The van der Waals surface area contributed by atoms with Gasteiger partial charge in [0.15, 0.2) is 0 Å². The van der Waals surface area contributed by atoms with Gasteiger partial charge in [-0.25, -0.2) is 9.37 Å². The molecule has 0 atom stereocenters. The SMILES string of the molecule is Nc1nc(-c2ccccc2)cn1-c1cccc(F)c1. The van der Waals surface area contributed by atoms with Gasteiger partial charge in [-0.2, -0.15) is 0 Å². The molecule has 1 heterocycles. The lowest BCUT2D eigenvalue weighted by atomic mass is 10.2. The first-order chi connectivity index (χ1) is 9.24. The van der Waals surface area contributed by atoms with Crippen LogP contribution < -0.4 is 5.73 Å². The largest absolute Gasteiger partial charge is 0.369 e. The van der Waals surface area contributed by atoms with Crippen LogP contribution in [0.25, 0.3) is 16.9 Å². The lowest BCUT2D eigenvalue weighted by molar-refractivity contribution is 0.626. The molecule has 0 radical (unpaired) electrons. The third-order valence-corrected chi connectivity index (χ3v) is 2.89. The molecule has 0 fully saturated rings. The number of aromatic nitrogens is 2. The van der Waals surface area contributed by atoms with Crippen LogP contribution in [0.15, 0.2) is 60.8 Å². The second-order valence-electron chi connectivity index (χ2n) is 4.20. The molecule has 0 amide bonds. The molecular formula is C15H12FN3. The van der Waals surface area contributed by atoms with E-state index < -0.39 is 0 Å². The van der Waals surface area contributed by atoms with Crippen LogP contribution in [0.4, 0.5) is 10.3 Å². The number of nitrogens with zero attached hydrogens (tertiary/aromatic N) is 2. The highest BCUT2D eigenvalue weighted by atomic mass is 19.1. The summed E-state index contributed by atoms with van der Waals surface area (Å²) < 4.78 is 14.9. The summed E-state index contributed by atoms with van der Waals surface area (Å²) in [5.74, 6) is 0.0383. The molecule has 1 aromatic heterocycles. The third-order valence-electron chi connectivity index (χ3n) is 2.89. The topological polar surface area (TPSA) is 43.8 Å². The summed E-state index contributed by atoms with van der Waals surface area (Å²) in [6.07, 6.45) is 1.80. The van der Waals surface area contributed by atoms with E-state index in [-0.39, 0.29) is 5.82 Å². The number of rotatable bonds is 2. The third kappa shape index (κ3) is 2.20. The maximum atomic E-state index is 13.2. The fraction of sp³-hybridized carbons (Fsp3) is 0. The average molecular weight is 253 g/mol. The summed E-state index contributed by atoms with van der Waals surface area (Å²) in [5, 5.41) is 0. The highest BCUT2D eigenvalue weighted by Crippen LogP contribution is 2.22. The Labute approximate surface area is 110 Å². The van der Waals surface area contributed by atoms with Crippen molar-refractivity contribution < 1.29 is 4.39 Å². The van der Waals surface area contributed by atoms with Gasteiger partial charge in [0, 0.05) is 11.8 Å². The Balaban J connectivity index is 2.08. The molecule has 0 bridgehead atoms. The molecule has 0 saturated carbocycles. The maximum absolute atomic E-state index is 13.2. The first kappa shape index (κ1) is 11.5. The summed E-state index contributed by atoms with van der Waals surface area (Å²) in [6, 6.07) is 16.0. The van der Waals surface area contributed by atoms with Crippen molar-refractivity contribution >= 4 is 5.95 Å². The van der Waals surface area contributed by atoms with Gasteiger partial charge in [-0.15, -0.1) is 0 Å². The predicted molar refractivity (Wildman–Crippen MR) is 73.4 cm³/mol. The number of anilines is 1. The molecule has 2 aromatic carbocycles. The summed E-state index contributed by atoms with van der Waals surface area (Å²) in [4.78, 5) is 4.31. The smallest absolute Gasteiger partial charge is 0.205 e. The van der Waals surface area contributed by atoms with Crippen molar-refractivity contribution in [3.8, 4) is 16.9 Å². The molecule has 0 unspecified atom stereocenters. The second kappa shape index (κ2) is 4.57. The van der Waals surface area contributed by atoms with Crippen LogP contribution in [0, 0.1) is 5.82 Å². The maximum Gasteiger partial charge on any atom is 0.205 e. The van der Waals surface area contributed by atoms with E-state index in [1.165, 1.54) is 12.1 Å². The lowest BCUT2D eigenvalue weighted by Gasteiger charge is -2.03. The normalized spacial score (nSPS) is 10.6. The van der Waals surface area contributed by atoms with Gasteiger partial charge in [0.1, 0.15) is 5.82 Å². The summed E-state index contributed by atoms with van der Waals surface area (Å²) in [6.45, 7) is 0. The summed E-state index contributed by atoms with van der Waals surface area (Å²) in [5.41, 5.74) is 8.29. The van der Waals surface area contributed by atoms with E-state index in [0.717, 1.165) is 11.3 Å². The summed E-state index contributed by atoms with van der Waals surface area (Å²) in [7, 11) is 0. The zero-order valence-corrected chi connectivity index (χ0v) is 10.1. The van der Waals surface area contributed by atoms with Crippen LogP contribution in [0.1, 0.15) is 0 Å². The molecule has 0 aliphatic carbocycles. The quantitative estimate of drug-likeness (QED) is 0.761. The fourth-order valence-electron chi connectivity index (χ4n) is 1.98. The van der Waals surface area contributed by atoms with Gasteiger partial charge in [0.2, 0.25) is 5.95 Å². The number of nitrogen functional groups attached to an aromatic ring is 1. The van der Waals surface area contributed by atoms with Gasteiger partial charge >= 0.3 is 0 Å². The van der Waals surface area contributed by atoms with Crippen LogP contribution in [0.5, 0.6) is 0 Å². The van der Waals surface area contributed by atoms with Gasteiger partial charge in [-0.1, -0.05) is 36.4 Å². The molecule has 0 aliphatic rings. The Morgan fingerprint density at radius 2 is 1.79 bits per heavy atom. The number of hydrogen-bond donors (Lipinski definition) is 1. The first-order valence-electron chi connectivity index (χ1n) is 5.90. The van der Waals surface area contributed by atoms with Crippen molar-refractivity contribution in [3.05, 3.63) is 66.6 Å². The van der Waals surface area contributed by atoms with Crippen LogP contribution in [0.3, 0.4) is 0 Å². The number of hydrogen-bond acceptors (Lipinski definition) is 2. The van der Waals surface area contributed by atoms with Gasteiger partial charge in [-0.3, -0.25) is 4.57 Å². The zero-order valence-electron chi connectivity index (χ0n) is 10.1. The van der Waals surface area contributed by atoms with Crippen LogP contribution in [0.2, 0.25) is 0 Å². The minimum absolute atomic E-state index is 0.299. The Morgan fingerprint density at radius 1 is 1.00 bits per heavy atom. The monoisotopic (exact) mass is 253 g/mol. The first-order valence-corrected chi connectivity index (χ1v) is 5.90. The van der Waals surface area contributed by atoms with Gasteiger partial charge < -0.3 is 5.73 Å². The molecule has 19 heavy (non-hydrogen) atoms. The molecule has 3 nitrogen and oxygen atoms in total. The molecule has 0 spiro atoms. The molecule has 3 aromatic rings. The highest BCUT2D eigenvalue weighted by molar-refractivity contribution is 5.61. The molecule has 3 rings (SSSR count). The van der Waals surface area contributed by atoms with Gasteiger partial charge in [-0.05, 0) is 18.2 Å². The minimum Gasteiger partial charge on any atom is -0.369 e. The Bertz CT molecular complexity index is 704. The molecule has 2 N–H and O–H groups in total. The molecule has 0 saturated heterocycles. The van der Waals surface area contributed by atoms with E-state index in [0.29, 0.717) is 11.6 Å². The Morgan fingerprint density at radius 3 is 2.53 bits per heavy atom. The van der Waals surface area contributed by atoms with E-state index in [2.05, 4.69) is 4.98 Å². The average Bonchev–Trinajstić information content (AvgIpc) is 2.82. The number of nitrogens with two attached hydrogens (primary N) is 1. The van der Waals surface area contributed by atoms with E-state index in [9.17, 15) is 4.39 Å². The lowest BCUT2D eigenvalue weighted by Crippen LogP contribution is -1.99. The van der Waals surface area contributed by atoms with E-state index in [4.69, 9.17) is 5.73 Å². The van der Waals surface area contributed by atoms with E-state index >= 15 is 0 Å². The number of benzene rings is 2. The van der Waals surface area contributed by atoms with Gasteiger partial charge in [0.25, 0.3) is 0 Å². The fourth-order valence-corrected chi connectivity index (χ4v) is 1.98. The van der Waals surface area contributed by atoms with E-state index in [1.54, 1.807) is 22.9 Å². The minimum atomic E-state index is -0.299. The molecule has 94 valence electrons. The second-order valence-corrected chi connectivity index (χ2v) is 4.20. The van der Waals surface area contributed by atoms with Crippen molar-refractivity contribution in [2.75, 3.05) is 5.73 Å². The standard InChI is InChI=1S/C15H12FN3/c16-12-7-4-8-13(9-12)19-10-14(18-15(19)17)11-5-2-1-3-6-11/h1-10H,(H2,17,18). The number of halogens is 1. The zero-order chi connectivity index (χ0) is 13.2. The predicted octanol–water partition coefficient (Wildman–Crippen LogP) is 3.26.